The molecular formula is C22H26O3. The van der Waals surface area contributed by atoms with E-state index in [2.05, 4.69) is 13.8 Å². The van der Waals surface area contributed by atoms with Crippen molar-refractivity contribution in [3.8, 4) is 0 Å². The van der Waals surface area contributed by atoms with Crippen LogP contribution in [0.3, 0.4) is 0 Å². The van der Waals surface area contributed by atoms with Crippen molar-refractivity contribution < 1.29 is 14.7 Å². The van der Waals surface area contributed by atoms with Crippen molar-refractivity contribution in [3.63, 3.8) is 0 Å². The van der Waals surface area contributed by atoms with E-state index >= 15 is 0 Å². The molecule has 25 heavy (non-hydrogen) atoms. The number of carbonyl (C=O) groups excluding carboxylic acids is 1. The minimum absolute atomic E-state index is 0.0551. The van der Waals surface area contributed by atoms with Crippen LogP contribution in [-0.2, 0) is 6.42 Å². The van der Waals surface area contributed by atoms with E-state index in [1.807, 2.05) is 25.1 Å². The van der Waals surface area contributed by atoms with Crippen LogP contribution < -0.4 is 0 Å². The first-order valence-electron chi connectivity index (χ1n) is 8.91. The van der Waals surface area contributed by atoms with Gasteiger partial charge in [-0.15, -0.1) is 0 Å². The predicted molar refractivity (Wildman–Crippen MR) is 100 cm³/mol. The molecule has 0 radical (unpaired) electrons. The Kier molecular flexibility index (Phi) is 6.51. The van der Waals surface area contributed by atoms with E-state index in [0.29, 0.717) is 11.5 Å². The van der Waals surface area contributed by atoms with Gasteiger partial charge in [0.25, 0.3) is 0 Å². The first-order valence-corrected chi connectivity index (χ1v) is 8.91. The van der Waals surface area contributed by atoms with Crippen LogP contribution in [0, 0.1) is 12.8 Å². The Morgan fingerprint density at radius 1 is 1.00 bits per heavy atom. The lowest BCUT2D eigenvalue weighted by atomic mass is 9.89. The molecule has 0 saturated heterocycles. The molecule has 2 aromatic carbocycles. The summed E-state index contributed by atoms with van der Waals surface area (Å²) in [7, 11) is 0. The second-order valence-corrected chi connectivity index (χ2v) is 6.69. The van der Waals surface area contributed by atoms with Gasteiger partial charge in [0.1, 0.15) is 0 Å². The highest BCUT2D eigenvalue weighted by Gasteiger charge is 2.20. The molecule has 1 atom stereocenters. The van der Waals surface area contributed by atoms with Crippen molar-refractivity contribution in [2.24, 2.45) is 5.92 Å². The number of hydrogen-bond donors (Lipinski definition) is 1. The van der Waals surface area contributed by atoms with Crippen molar-refractivity contribution in [2.45, 2.75) is 46.5 Å². The summed E-state index contributed by atoms with van der Waals surface area (Å²) in [6, 6.07) is 12.1. The molecule has 1 unspecified atom stereocenters. The summed E-state index contributed by atoms with van der Waals surface area (Å²) in [5.41, 5.74) is 3.06. The first kappa shape index (κ1) is 18.9. The number of hydrogen-bond acceptors (Lipinski definition) is 2. The van der Waals surface area contributed by atoms with Gasteiger partial charge in [0.15, 0.2) is 5.78 Å². The summed E-state index contributed by atoms with van der Waals surface area (Å²) in [5.74, 6) is -0.605. The molecule has 0 bridgehead atoms. The average molecular weight is 338 g/mol. The van der Waals surface area contributed by atoms with Crippen LogP contribution >= 0.6 is 0 Å². The zero-order valence-corrected chi connectivity index (χ0v) is 15.2. The van der Waals surface area contributed by atoms with Crippen LogP contribution in [0.25, 0.3) is 0 Å². The first-order chi connectivity index (χ1) is 12.0. The van der Waals surface area contributed by atoms with Gasteiger partial charge in [0, 0.05) is 11.1 Å². The van der Waals surface area contributed by atoms with Gasteiger partial charge in [-0.3, -0.25) is 4.79 Å². The Hall–Kier alpha value is -2.42. The quantitative estimate of drug-likeness (QED) is 0.665. The maximum absolute atomic E-state index is 13.0. The minimum Gasteiger partial charge on any atom is -0.478 e. The van der Waals surface area contributed by atoms with Crippen molar-refractivity contribution in [3.05, 3.63) is 70.3 Å². The van der Waals surface area contributed by atoms with Crippen LogP contribution in [0.4, 0.5) is 0 Å². The molecule has 0 fully saturated rings. The molecule has 1 N–H and O–H groups in total. The lowest BCUT2D eigenvalue weighted by Gasteiger charge is -2.14. The maximum atomic E-state index is 13.0. The summed E-state index contributed by atoms with van der Waals surface area (Å²) in [6.45, 7) is 6.45. The van der Waals surface area contributed by atoms with E-state index in [1.54, 1.807) is 18.2 Å². The van der Waals surface area contributed by atoms with Crippen LogP contribution in [0.1, 0.15) is 70.5 Å². The Morgan fingerprint density at radius 2 is 1.64 bits per heavy atom. The molecule has 3 heteroatoms. The van der Waals surface area contributed by atoms with E-state index in [9.17, 15) is 14.7 Å². The monoisotopic (exact) mass is 338 g/mol. The van der Waals surface area contributed by atoms with Crippen LogP contribution in [0.15, 0.2) is 42.5 Å². The zero-order valence-electron chi connectivity index (χ0n) is 15.2. The third kappa shape index (κ3) is 4.56. The third-order valence-corrected chi connectivity index (χ3v) is 4.88. The molecule has 2 rings (SSSR count). The number of carbonyl (C=O) groups is 2. The largest absolute Gasteiger partial charge is 0.478 e. The SMILES string of the molecule is CCC(C)CCCc1c(C)cccc1C(=O)c1ccccc1C(=O)O. The number of carboxylic acid groups (broad SMARTS) is 1. The van der Waals surface area contributed by atoms with Gasteiger partial charge in [-0.1, -0.05) is 63.1 Å². The van der Waals surface area contributed by atoms with Crippen LogP contribution in [-0.4, -0.2) is 16.9 Å². The fraction of sp³-hybridized carbons (Fsp3) is 0.364. The normalized spacial score (nSPS) is 12.0. The summed E-state index contributed by atoms with van der Waals surface area (Å²) >= 11 is 0. The topological polar surface area (TPSA) is 54.4 Å². The Morgan fingerprint density at radius 3 is 2.28 bits per heavy atom. The molecule has 0 aliphatic carbocycles. The third-order valence-electron chi connectivity index (χ3n) is 4.88. The van der Waals surface area contributed by atoms with Crippen molar-refractivity contribution in [1.82, 2.24) is 0 Å². The zero-order chi connectivity index (χ0) is 18.4. The van der Waals surface area contributed by atoms with Gasteiger partial charge in [0.05, 0.1) is 5.56 Å². The molecule has 3 nitrogen and oxygen atoms in total. The summed E-state index contributed by atoms with van der Waals surface area (Å²) in [6.07, 6.45) is 4.16. The molecule has 0 saturated carbocycles. The van der Waals surface area contributed by atoms with Crippen molar-refractivity contribution >= 4 is 11.8 Å². The number of rotatable bonds is 8. The van der Waals surface area contributed by atoms with Crippen molar-refractivity contribution in [2.75, 3.05) is 0 Å². The summed E-state index contributed by atoms with van der Waals surface area (Å²) < 4.78 is 0. The van der Waals surface area contributed by atoms with E-state index in [0.717, 1.165) is 36.8 Å². The Labute approximate surface area is 149 Å². The second-order valence-electron chi connectivity index (χ2n) is 6.69. The maximum Gasteiger partial charge on any atom is 0.336 e. The predicted octanol–water partition coefficient (Wildman–Crippen LogP) is 5.29. The van der Waals surface area contributed by atoms with E-state index in [1.165, 1.54) is 6.07 Å². The lowest BCUT2D eigenvalue weighted by molar-refractivity contribution is 0.0692. The Balaban J connectivity index is 2.35. The number of ketones is 1. The molecule has 2 aromatic rings. The van der Waals surface area contributed by atoms with Gasteiger partial charge in [-0.2, -0.15) is 0 Å². The number of carboxylic acids is 1. The molecule has 132 valence electrons. The molecule has 0 aliphatic rings. The number of aromatic carboxylic acids is 1. The molecule has 0 amide bonds. The molecule has 0 spiro atoms. The standard InChI is InChI=1S/C22H26O3/c1-4-15(2)9-7-13-17-16(3)10-8-14-18(17)21(23)19-11-5-6-12-20(19)22(24)25/h5-6,8,10-12,14-15H,4,7,9,13H2,1-3H3,(H,24,25). The fourth-order valence-electron chi connectivity index (χ4n) is 3.09. The summed E-state index contributed by atoms with van der Waals surface area (Å²) in [4.78, 5) is 24.5. The average Bonchev–Trinajstić information content (AvgIpc) is 2.62. The van der Waals surface area contributed by atoms with E-state index < -0.39 is 5.97 Å². The van der Waals surface area contributed by atoms with Crippen LogP contribution in [0.5, 0.6) is 0 Å². The van der Waals surface area contributed by atoms with Gasteiger partial charge in [0.2, 0.25) is 0 Å². The Bertz CT molecular complexity index is 762. The number of aryl methyl sites for hydroxylation is 1. The fourth-order valence-corrected chi connectivity index (χ4v) is 3.09. The minimum atomic E-state index is -1.07. The van der Waals surface area contributed by atoms with Crippen molar-refractivity contribution in [1.29, 1.82) is 0 Å². The highest BCUT2D eigenvalue weighted by molar-refractivity contribution is 6.15. The highest BCUT2D eigenvalue weighted by Crippen LogP contribution is 2.23. The number of benzene rings is 2. The summed E-state index contributed by atoms with van der Waals surface area (Å²) in [5, 5.41) is 9.36. The molecule has 0 aromatic heterocycles. The van der Waals surface area contributed by atoms with Crippen LogP contribution in [0.2, 0.25) is 0 Å². The van der Waals surface area contributed by atoms with Gasteiger partial charge < -0.3 is 5.11 Å². The van der Waals surface area contributed by atoms with E-state index in [4.69, 9.17) is 0 Å². The highest BCUT2D eigenvalue weighted by atomic mass is 16.4. The lowest BCUT2D eigenvalue weighted by Crippen LogP contribution is -2.12. The van der Waals surface area contributed by atoms with E-state index in [-0.39, 0.29) is 16.9 Å². The molecule has 0 aliphatic heterocycles. The smallest absolute Gasteiger partial charge is 0.336 e. The second kappa shape index (κ2) is 8.61. The molecule has 0 heterocycles. The van der Waals surface area contributed by atoms with Gasteiger partial charge in [-0.05, 0) is 42.9 Å². The van der Waals surface area contributed by atoms with Gasteiger partial charge >= 0.3 is 5.97 Å². The van der Waals surface area contributed by atoms with Gasteiger partial charge in [-0.25, -0.2) is 4.79 Å². The molecular weight excluding hydrogens is 312 g/mol.